The lowest BCUT2D eigenvalue weighted by Gasteiger charge is -2.36. The molecule has 1 aromatic carbocycles. The van der Waals surface area contributed by atoms with Crippen LogP contribution in [0.15, 0.2) is 23.9 Å². The number of nitrogens with zero attached hydrogens (tertiary/aromatic N) is 1. The maximum atomic E-state index is 12.4. The highest BCUT2D eigenvalue weighted by Gasteiger charge is 2.29. The standard InChI is InChI=1S/C17H21ClN2O.ClH/c18-13-6-7-14-12(11-13)5-8-16-15(14)3-2-10-20(16)17(21)4-1-9-19;/h6-7,11H,1-5,8-10,19H2;1H. The molecule has 0 atom stereocenters. The van der Waals surface area contributed by atoms with Crippen LogP contribution in [0.25, 0.3) is 5.57 Å². The maximum absolute atomic E-state index is 12.4. The van der Waals surface area contributed by atoms with Gasteiger partial charge in [0.2, 0.25) is 5.91 Å². The Morgan fingerprint density at radius 2 is 2.09 bits per heavy atom. The van der Waals surface area contributed by atoms with Gasteiger partial charge >= 0.3 is 0 Å². The predicted molar refractivity (Wildman–Crippen MR) is 93.2 cm³/mol. The number of aryl methyl sites for hydroxylation is 1. The number of rotatable bonds is 3. The van der Waals surface area contributed by atoms with Crippen LogP contribution in [-0.4, -0.2) is 23.9 Å². The summed E-state index contributed by atoms with van der Waals surface area (Å²) in [6.45, 7) is 1.43. The molecule has 1 heterocycles. The molecule has 0 aromatic heterocycles. The molecular weight excluding hydrogens is 319 g/mol. The second kappa shape index (κ2) is 7.49. The van der Waals surface area contributed by atoms with Crippen LogP contribution >= 0.6 is 24.0 Å². The third-order valence-electron chi connectivity index (χ3n) is 4.40. The van der Waals surface area contributed by atoms with Crippen molar-refractivity contribution in [2.24, 2.45) is 5.73 Å². The van der Waals surface area contributed by atoms with Gasteiger partial charge in [-0.05, 0) is 67.5 Å². The topological polar surface area (TPSA) is 46.3 Å². The fraction of sp³-hybridized carbons (Fsp3) is 0.471. The number of allylic oxidation sites excluding steroid dienone is 2. The minimum absolute atomic E-state index is 0. The lowest BCUT2D eigenvalue weighted by Crippen LogP contribution is -2.36. The highest BCUT2D eigenvalue weighted by atomic mass is 35.5. The second-order valence-electron chi connectivity index (χ2n) is 5.77. The third-order valence-corrected chi connectivity index (χ3v) is 4.64. The van der Waals surface area contributed by atoms with Gasteiger partial charge in [-0.2, -0.15) is 0 Å². The summed E-state index contributed by atoms with van der Waals surface area (Å²) in [5.41, 5.74) is 10.7. The summed E-state index contributed by atoms with van der Waals surface area (Å²) < 4.78 is 0. The van der Waals surface area contributed by atoms with Crippen molar-refractivity contribution in [1.82, 2.24) is 4.90 Å². The van der Waals surface area contributed by atoms with E-state index in [2.05, 4.69) is 12.1 Å². The Hall–Kier alpha value is -1.03. The molecule has 0 unspecified atom stereocenters. The van der Waals surface area contributed by atoms with Gasteiger partial charge in [0.25, 0.3) is 0 Å². The average Bonchev–Trinajstić information content (AvgIpc) is 2.51. The van der Waals surface area contributed by atoms with Crippen LogP contribution in [-0.2, 0) is 11.2 Å². The number of fused-ring (bicyclic) bond motifs is 2. The van der Waals surface area contributed by atoms with Crippen LogP contribution < -0.4 is 5.73 Å². The highest BCUT2D eigenvalue weighted by molar-refractivity contribution is 6.30. The van der Waals surface area contributed by atoms with Gasteiger partial charge in [0, 0.05) is 23.7 Å². The van der Waals surface area contributed by atoms with Gasteiger partial charge in [-0.15, -0.1) is 12.4 Å². The molecule has 0 fully saturated rings. The van der Waals surface area contributed by atoms with E-state index >= 15 is 0 Å². The molecule has 3 nitrogen and oxygen atoms in total. The normalized spacial score (nSPS) is 16.7. The lowest BCUT2D eigenvalue weighted by atomic mass is 9.84. The number of amides is 1. The van der Waals surface area contributed by atoms with Crippen molar-refractivity contribution in [2.75, 3.05) is 13.1 Å². The van der Waals surface area contributed by atoms with Gasteiger partial charge in [-0.3, -0.25) is 4.79 Å². The van der Waals surface area contributed by atoms with Crippen LogP contribution in [0.3, 0.4) is 0 Å². The average molecular weight is 341 g/mol. The Morgan fingerprint density at radius 1 is 1.27 bits per heavy atom. The number of carbonyl (C=O) groups excluding carboxylic acids is 1. The highest BCUT2D eigenvalue weighted by Crippen LogP contribution is 2.39. The zero-order valence-corrected chi connectivity index (χ0v) is 14.2. The van der Waals surface area contributed by atoms with Crippen LogP contribution in [0.1, 0.15) is 43.2 Å². The van der Waals surface area contributed by atoms with Crippen molar-refractivity contribution in [3.05, 3.63) is 40.0 Å². The van der Waals surface area contributed by atoms with E-state index in [1.54, 1.807) is 0 Å². The number of nitrogens with two attached hydrogens (primary N) is 1. The Labute approximate surface area is 142 Å². The molecular formula is C17H22Cl2N2O. The van der Waals surface area contributed by atoms with Gasteiger partial charge in [0.05, 0.1) is 0 Å². The summed E-state index contributed by atoms with van der Waals surface area (Å²) in [5, 5.41) is 0.796. The molecule has 1 aliphatic heterocycles. The van der Waals surface area contributed by atoms with Crippen molar-refractivity contribution >= 4 is 35.5 Å². The molecule has 0 bridgehead atoms. The minimum atomic E-state index is 0. The number of halogens is 2. The van der Waals surface area contributed by atoms with Gasteiger partial charge < -0.3 is 10.6 Å². The van der Waals surface area contributed by atoms with Crippen LogP contribution in [0.2, 0.25) is 5.02 Å². The van der Waals surface area contributed by atoms with Crippen molar-refractivity contribution in [3.63, 3.8) is 0 Å². The smallest absolute Gasteiger partial charge is 0.226 e. The first-order valence-electron chi connectivity index (χ1n) is 7.72. The molecule has 0 spiro atoms. The molecule has 1 aliphatic carbocycles. The number of hydrogen-bond donors (Lipinski definition) is 1. The van der Waals surface area contributed by atoms with Crippen LogP contribution in [0.5, 0.6) is 0 Å². The molecule has 0 saturated heterocycles. The largest absolute Gasteiger partial charge is 0.330 e. The second-order valence-corrected chi connectivity index (χ2v) is 6.20. The SMILES string of the molecule is Cl.NCCCC(=O)N1CCCC2=C1CCc1cc(Cl)ccc12. The first kappa shape index (κ1) is 17.3. The molecule has 2 aliphatic rings. The van der Waals surface area contributed by atoms with E-state index in [9.17, 15) is 4.79 Å². The van der Waals surface area contributed by atoms with E-state index in [0.29, 0.717) is 13.0 Å². The zero-order valence-electron chi connectivity index (χ0n) is 12.6. The summed E-state index contributed by atoms with van der Waals surface area (Å²) in [5.74, 6) is 0.227. The minimum Gasteiger partial charge on any atom is -0.330 e. The predicted octanol–water partition coefficient (Wildman–Crippen LogP) is 3.78. The first-order valence-corrected chi connectivity index (χ1v) is 8.10. The molecule has 2 N–H and O–H groups in total. The van der Waals surface area contributed by atoms with Gasteiger partial charge in [-0.25, -0.2) is 0 Å². The van der Waals surface area contributed by atoms with Crippen molar-refractivity contribution in [3.8, 4) is 0 Å². The fourth-order valence-electron chi connectivity index (χ4n) is 3.41. The maximum Gasteiger partial charge on any atom is 0.226 e. The fourth-order valence-corrected chi connectivity index (χ4v) is 3.61. The molecule has 22 heavy (non-hydrogen) atoms. The van der Waals surface area contributed by atoms with Crippen molar-refractivity contribution < 1.29 is 4.79 Å². The lowest BCUT2D eigenvalue weighted by molar-refractivity contribution is -0.129. The monoisotopic (exact) mass is 340 g/mol. The van der Waals surface area contributed by atoms with Crippen LogP contribution in [0, 0.1) is 0 Å². The molecule has 5 heteroatoms. The summed E-state index contributed by atoms with van der Waals surface area (Å²) >= 11 is 6.10. The summed E-state index contributed by atoms with van der Waals surface area (Å²) in [6, 6.07) is 6.13. The first-order chi connectivity index (χ1) is 10.2. The Balaban J connectivity index is 0.00000176. The van der Waals surface area contributed by atoms with E-state index < -0.39 is 0 Å². The quantitative estimate of drug-likeness (QED) is 0.909. The van der Waals surface area contributed by atoms with Crippen molar-refractivity contribution in [1.29, 1.82) is 0 Å². The van der Waals surface area contributed by atoms with Crippen LogP contribution in [0.4, 0.5) is 0 Å². The molecule has 120 valence electrons. The van der Waals surface area contributed by atoms with Gasteiger partial charge in [0.1, 0.15) is 0 Å². The summed E-state index contributed by atoms with van der Waals surface area (Å²) in [6.07, 6.45) is 5.33. The van der Waals surface area contributed by atoms with Crippen molar-refractivity contribution in [2.45, 2.75) is 38.5 Å². The zero-order chi connectivity index (χ0) is 14.8. The summed E-state index contributed by atoms with van der Waals surface area (Å²) in [4.78, 5) is 14.4. The molecule has 1 amide bonds. The Bertz CT molecular complexity index is 598. The third kappa shape index (κ3) is 3.32. The molecule has 3 rings (SSSR count). The Morgan fingerprint density at radius 3 is 2.86 bits per heavy atom. The van der Waals surface area contributed by atoms with Gasteiger partial charge in [-0.1, -0.05) is 17.7 Å². The molecule has 1 aromatic rings. The van der Waals surface area contributed by atoms with E-state index in [-0.39, 0.29) is 18.3 Å². The Kier molecular flexibility index (Phi) is 5.90. The number of carbonyl (C=O) groups is 1. The van der Waals surface area contributed by atoms with E-state index in [1.165, 1.54) is 22.4 Å². The summed E-state index contributed by atoms with van der Waals surface area (Å²) in [7, 11) is 0. The molecule has 0 saturated carbocycles. The molecule has 0 radical (unpaired) electrons. The van der Waals surface area contributed by atoms with E-state index in [4.69, 9.17) is 17.3 Å². The number of benzene rings is 1. The van der Waals surface area contributed by atoms with E-state index in [1.807, 2.05) is 11.0 Å². The van der Waals surface area contributed by atoms with Gasteiger partial charge in [0.15, 0.2) is 0 Å². The van der Waals surface area contributed by atoms with E-state index in [0.717, 1.165) is 43.7 Å². The number of hydrogen-bond acceptors (Lipinski definition) is 2.